The Labute approximate surface area is 63.7 Å². The molecule has 0 aliphatic carbocycles. The molecule has 60 valence electrons. The lowest BCUT2D eigenvalue weighted by atomic mass is 9.90. The second-order valence-corrected chi connectivity index (χ2v) is 3.14. The molecule has 0 fully saturated rings. The van der Waals surface area contributed by atoms with E-state index in [1.807, 2.05) is 14.1 Å². The summed E-state index contributed by atoms with van der Waals surface area (Å²) in [7, 11) is 3.85. The van der Waals surface area contributed by atoms with Crippen LogP contribution < -0.4 is 10.6 Å². The van der Waals surface area contributed by atoms with Gasteiger partial charge in [0.15, 0.2) is 0 Å². The van der Waals surface area contributed by atoms with Crippen LogP contribution in [0.3, 0.4) is 0 Å². The van der Waals surface area contributed by atoms with Gasteiger partial charge in [-0.2, -0.15) is 0 Å². The van der Waals surface area contributed by atoms with Crippen LogP contribution in [0.4, 0.5) is 0 Å². The van der Waals surface area contributed by atoms with Gasteiger partial charge in [0.25, 0.3) is 0 Å². The summed E-state index contributed by atoms with van der Waals surface area (Å²) in [4.78, 5) is 0. The molecule has 0 aromatic rings. The first-order valence-corrected chi connectivity index (χ1v) is 3.56. The largest absolute Gasteiger partial charge is 0.391 e. The van der Waals surface area contributed by atoms with Crippen molar-refractivity contribution >= 4 is 0 Å². The lowest BCUT2D eigenvalue weighted by Crippen LogP contribution is -2.32. The van der Waals surface area contributed by atoms with E-state index in [9.17, 15) is 0 Å². The van der Waals surface area contributed by atoms with Gasteiger partial charge in [-0.25, -0.2) is 0 Å². The van der Waals surface area contributed by atoms with Crippen LogP contribution in [0, 0.1) is 5.41 Å². The number of nitrogens with one attached hydrogen (secondary N) is 2. The van der Waals surface area contributed by atoms with Gasteiger partial charge in [-0.05, 0) is 7.05 Å². The molecule has 0 spiro atoms. The summed E-state index contributed by atoms with van der Waals surface area (Å²) in [5, 5.41) is 6.18. The van der Waals surface area contributed by atoms with E-state index in [4.69, 9.17) is 0 Å². The zero-order valence-electron chi connectivity index (χ0n) is 7.41. The fourth-order valence-electron chi connectivity index (χ4n) is 0.887. The molecule has 0 rings (SSSR count). The molecule has 0 radical (unpaired) electrons. The van der Waals surface area contributed by atoms with Gasteiger partial charge in [-0.3, -0.25) is 0 Å². The molecule has 2 nitrogen and oxygen atoms in total. The molecule has 0 saturated heterocycles. The molecule has 0 aliphatic rings. The highest BCUT2D eigenvalue weighted by Gasteiger charge is 2.19. The molecular formula is C8H18N2. The third-order valence-corrected chi connectivity index (χ3v) is 1.74. The van der Waals surface area contributed by atoms with Gasteiger partial charge in [0.05, 0.1) is 0 Å². The molecule has 0 atom stereocenters. The average molecular weight is 142 g/mol. The smallest absolute Gasteiger partial charge is 0.0162 e. The first-order valence-electron chi connectivity index (χ1n) is 3.56. The fourth-order valence-corrected chi connectivity index (χ4v) is 0.887. The maximum absolute atomic E-state index is 3.91. The fraction of sp³-hybridized carbons (Fsp3) is 0.750. The molecule has 0 saturated carbocycles. The third-order valence-electron chi connectivity index (χ3n) is 1.74. The summed E-state index contributed by atoms with van der Waals surface area (Å²) in [5.74, 6) is 0. The van der Waals surface area contributed by atoms with Crippen LogP contribution in [0.5, 0.6) is 0 Å². The van der Waals surface area contributed by atoms with E-state index in [0.29, 0.717) is 0 Å². The molecule has 0 aromatic heterocycles. The van der Waals surface area contributed by atoms with E-state index in [1.165, 1.54) is 0 Å². The number of rotatable bonds is 4. The van der Waals surface area contributed by atoms with Gasteiger partial charge in [-0.1, -0.05) is 20.4 Å². The molecule has 0 aromatic carbocycles. The normalized spacial score (nSPS) is 11.2. The van der Waals surface area contributed by atoms with E-state index < -0.39 is 0 Å². The quantitative estimate of drug-likeness (QED) is 0.611. The van der Waals surface area contributed by atoms with Crippen molar-refractivity contribution in [2.24, 2.45) is 5.41 Å². The highest BCUT2D eigenvalue weighted by molar-refractivity contribution is 5.04. The van der Waals surface area contributed by atoms with Crippen molar-refractivity contribution < 1.29 is 0 Å². The van der Waals surface area contributed by atoms with Gasteiger partial charge in [0, 0.05) is 24.7 Å². The van der Waals surface area contributed by atoms with Crippen LogP contribution in [0.2, 0.25) is 0 Å². The van der Waals surface area contributed by atoms with Crippen LogP contribution in [0.15, 0.2) is 12.3 Å². The third kappa shape index (κ3) is 2.40. The molecule has 0 amide bonds. The molecule has 2 heteroatoms. The summed E-state index contributed by atoms with van der Waals surface area (Å²) >= 11 is 0. The van der Waals surface area contributed by atoms with Gasteiger partial charge in [0.2, 0.25) is 0 Å². The van der Waals surface area contributed by atoms with Crippen molar-refractivity contribution in [3.63, 3.8) is 0 Å². The van der Waals surface area contributed by atoms with Crippen molar-refractivity contribution in [2.45, 2.75) is 13.8 Å². The predicted octanol–water partition coefficient (Wildman–Crippen LogP) is 0.965. The Bertz CT molecular complexity index is 116. The number of hydrogen-bond donors (Lipinski definition) is 2. The first kappa shape index (κ1) is 9.50. The van der Waals surface area contributed by atoms with Gasteiger partial charge < -0.3 is 10.6 Å². The Hall–Kier alpha value is -0.500. The van der Waals surface area contributed by atoms with Crippen molar-refractivity contribution in [1.82, 2.24) is 10.6 Å². The SMILES string of the molecule is C=C(NC)C(C)(C)CNC. The van der Waals surface area contributed by atoms with E-state index in [0.717, 1.165) is 12.2 Å². The Balaban J connectivity index is 3.96. The van der Waals surface area contributed by atoms with Crippen LogP contribution in [0.1, 0.15) is 13.8 Å². The number of hydrogen-bond acceptors (Lipinski definition) is 2. The van der Waals surface area contributed by atoms with E-state index in [-0.39, 0.29) is 5.41 Å². The van der Waals surface area contributed by atoms with Crippen molar-refractivity contribution in [3.8, 4) is 0 Å². The molecule has 0 unspecified atom stereocenters. The molecule has 10 heavy (non-hydrogen) atoms. The standard InChI is InChI=1S/C8H18N2/c1-7(10-5)8(2,3)6-9-4/h9-10H,1,6H2,2-5H3. The van der Waals surface area contributed by atoms with Crippen LogP contribution in [-0.4, -0.2) is 20.6 Å². The minimum absolute atomic E-state index is 0.142. The lowest BCUT2D eigenvalue weighted by Gasteiger charge is -2.26. The second-order valence-electron chi connectivity index (χ2n) is 3.14. The molecule has 2 N–H and O–H groups in total. The minimum Gasteiger partial charge on any atom is -0.391 e. The summed E-state index contributed by atoms with van der Waals surface area (Å²) < 4.78 is 0. The molecule has 0 aliphatic heterocycles. The zero-order valence-corrected chi connectivity index (χ0v) is 7.41. The van der Waals surface area contributed by atoms with Crippen LogP contribution >= 0.6 is 0 Å². The Morgan fingerprint density at radius 2 is 1.90 bits per heavy atom. The highest BCUT2D eigenvalue weighted by Crippen LogP contribution is 2.20. The van der Waals surface area contributed by atoms with Crippen molar-refractivity contribution in [2.75, 3.05) is 20.6 Å². The monoisotopic (exact) mass is 142 g/mol. The van der Waals surface area contributed by atoms with Gasteiger partial charge in [-0.15, -0.1) is 0 Å². The zero-order chi connectivity index (χ0) is 8.20. The maximum atomic E-state index is 3.91. The first-order chi connectivity index (χ1) is 4.54. The average Bonchev–Trinajstić information content (AvgIpc) is 1.86. The van der Waals surface area contributed by atoms with E-state index >= 15 is 0 Å². The van der Waals surface area contributed by atoms with Crippen LogP contribution in [-0.2, 0) is 0 Å². The van der Waals surface area contributed by atoms with Crippen molar-refractivity contribution in [3.05, 3.63) is 12.3 Å². The Kier molecular flexibility index (Phi) is 3.43. The van der Waals surface area contributed by atoms with Crippen molar-refractivity contribution in [1.29, 1.82) is 0 Å². The van der Waals surface area contributed by atoms with Crippen LogP contribution in [0.25, 0.3) is 0 Å². The van der Waals surface area contributed by atoms with E-state index in [2.05, 4.69) is 31.1 Å². The minimum atomic E-state index is 0.142. The molecular weight excluding hydrogens is 124 g/mol. The summed E-state index contributed by atoms with van der Waals surface area (Å²) in [5.41, 5.74) is 1.21. The summed E-state index contributed by atoms with van der Waals surface area (Å²) in [6.45, 7) is 9.17. The maximum Gasteiger partial charge on any atom is 0.0162 e. The van der Waals surface area contributed by atoms with Gasteiger partial charge in [0.1, 0.15) is 0 Å². The molecule has 0 bridgehead atoms. The van der Waals surface area contributed by atoms with E-state index in [1.54, 1.807) is 0 Å². The summed E-state index contributed by atoms with van der Waals surface area (Å²) in [6.07, 6.45) is 0. The highest BCUT2D eigenvalue weighted by atomic mass is 14.9. The Morgan fingerprint density at radius 3 is 2.20 bits per heavy atom. The second kappa shape index (κ2) is 3.62. The van der Waals surface area contributed by atoms with Gasteiger partial charge >= 0.3 is 0 Å². The lowest BCUT2D eigenvalue weighted by molar-refractivity contribution is 0.405. The predicted molar refractivity (Wildman–Crippen MR) is 45.9 cm³/mol. The summed E-state index contributed by atoms with van der Waals surface area (Å²) in [6, 6.07) is 0. The molecule has 0 heterocycles. The topological polar surface area (TPSA) is 24.1 Å². The Morgan fingerprint density at radius 1 is 1.40 bits per heavy atom.